The van der Waals surface area contributed by atoms with Gasteiger partial charge in [-0.05, 0) is 43.2 Å². The van der Waals surface area contributed by atoms with E-state index in [2.05, 4.69) is 39.6 Å². The van der Waals surface area contributed by atoms with E-state index in [0.717, 1.165) is 22.4 Å². The zero-order valence-electron chi connectivity index (χ0n) is 15.7. The Morgan fingerprint density at radius 2 is 1.81 bits per heavy atom. The number of carbonyl (C=O) groups is 1. The zero-order chi connectivity index (χ0) is 18.7. The molecule has 0 radical (unpaired) electrons. The van der Waals surface area contributed by atoms with Crippen LogP contribution < -0.4 is 10.2 Å². The molecule has 26 heavy (non-hydrogen) atoms. The molecule has 0 spiro atoms. The molecule has 1 heterocycles. The van der Waals surface area contributed by atoms with Gasteiger partial charge in [-0.3, -0.25) is 4.79 Å². The van der Waals surface area contributed by atoms with Gasteiger partial charge in [-0.2, -0.15) is 5.10 Å². The minimum Gasteiger partial charge on any atom is -0.378 e. The second-order valence-electron chi connectivity index (χ2n) is 6.71. The standard InChI is InChI=1S/C21H24N4O/c1-15-5-10-19(16(2)13-15)21(26)23-20-11-12-22-25(20)14-17-6-8-18(9-7-17)24(3)4/h5-13H,14H2,1-4H3,(H,23,26). The number of hydrogen-bond donors (Lipinski definition) is 1. The summed E-state index contributed by atoms with van der Waals surface area (Å²) in [6.45, 7) is 4.57. The smallest absolute Gasteiger partial charge is 0.257 e. The molecule has 3 rings (SSSR count). The molecule has 0 aliphatic rings. The number of aromatic nitrogens is 2. The highest BCUT2D eigenvalue weighted by Crippen LogP contribution is 2.17. The van der Waals surface area contributed by atoms with Gasteiger partial charge in [-0.25, -0.2) is 4.68 Å². The minimum absolute atomic E-state index is 0.118. The lowest BCUT2D eigenvalue weighted by Crippen LogP contribution is -2.17. The first kappa shape index (κ1) is 17.7. The van der Waals surface area contributed by atoms with E-state index in [0.29, 0.717) is 17.9 Å². The maximum absolute atomic E-state index is 12.6. The fourth-order valence-electron chi connectivity index (χ4n) is 2.89. The Kier molecular flexibility index (Phi) is 5.07. The third-order valence-electron chi connectivity index (χ3n) is 4.37. The molecule has 0 fully saturated rings. The second-order valence-corrected chi connectivity index (χ2v) is 6.71. The number of anilines is 2. The van der Waals surface area contributed by atoms with Crippen LogP contribution in [-0.2, 0) is 6.54 Å². The first-order valence-corrected chi connectivity index (χ1v) is 8.61. The van der Waals surface area contributed by atoms with Crippen molar-refractivity contribution in [2.24, 2.45) is 0 Å². The first-order valence-electron chi connectivity index (χ1n) is 8.61. The summed E-state index contributed by atoms with van der Waals surface area (Å²) in [6, 6.07) is 15.9. The molecule has 1 aromatic heterocycles. The molecule has 1 N–H and O–H groups in total. The lowest BCUT2D eigenvalue weighted by Gasteiger charge is -2.14. The highest BCUT2D eigenvalue weighted by Gasteiger charge is 2.12. The monoisotopic (exact) mass is 348 g/mol. The van der Waals surface area contributed by atoms with Gasteiger partial charge >= 0.3 is 0 Å². The number of hydrogen-bond acceptors (Lipinski definition) is 3. The molecule has 0 unspecified atom stereocenters. The number of amides is 1. The largest absolute Gasteiger partial charge is 0.378 e. The summed E-state index contributed by atoms with van der Waals surface area (Å²) in [5.41, 5.74) is 5.07. The van der Waals surface area contributed by atoms with Gasteiger partial charge < -0.3 is 10.2 Å². The number of carbonyl (C=O) groups excluding carboxylic acids is 1. The molecule has 0 bridgehead atoms. The van der Waals surface area contributed by atoms with E-state index in [1.54, 1.807) is 10.9 Å². The van der Waals surface area contributed by atoms with Gasteiger partial charge in [-0.1, -0.05) is 29.8 Å². The summed E-state index contributed by atoms with van der Waals surface area (Å²) in [5.74, 6) is 0.568. The van der Waals surface area contributed by atoms with Crippen molar-refractivity contribution < 1.29 is 4.79 Å². The molecule has 5 heteroatoms. The molecule has 0 saturated carbocycles. The van der Waals surface area contributed by atoms with Crippen molar-refractivity contribution in [1.82, 2.24) is 9.78 Å². The predicted molar refractivity (Wildman–Crippen MR) is 106 cm³/mol. The van der Waals surface area contributed by atoms with Crippen molar-refractivity contribution in [3.8, 4) is 0 Å². The molecule has 3 aromatic rings. The Hall–Kier alpha value is -3.08. The number of aryl methyl sites for hydroxylation is 2. The minimum atomic E-state index is -0.118. The fraction of sp³-hybridized carbons (Fsp3) is 0.238. The van der Waals surface area contributed by atoms with Crippen LogP contribution >= 0.6 is 0 Å². The van der Waals surface area contributed by atoms with Crippen LogP contribution in [-0.4, -0.2) is 29.8 Å². The molecule has 0 saturated heterocycles. The van der Waals surface area contributed by atoms with Crippen LogP contribution in [0.4, 0.5) is 11.5 Å². The molecule has 0 aliphatic carbocycles. The van der Waals surface area contributed by atoms with E-state index in [4.69, 9.17) is 0 Å². The predicted octanol–water partition coefficient (Wildman–Crippen LogP) is 3.87. The number of nitrogens with one attached hydrogen (secondary N) is 1. The summed E-state index contributed by atoms with van der Waals surface area (Å²) in [7, 11) is 4.03. The van der Waals surface area contributed by atoms with E-state index < -0.39 is 0 Å². The van der Waals surface area contributed by atoms with Crippen molar-refractivity contribution in [3.63, 3.8) is 0 Å². The van der Waals surface area contributed by atoms with Crippen molar-refractivity contribution >= 4 is 17.4 Å². The quantitative estimate of drug-likeness (QED) is 0.761. The van der Waals surface area contributed by atoms with E-state index in [-0.39, 0.29) is 5.91 Å². The molecule has 5 nitrogen and oxygen atoms in total. The highest BCUT2D eigenvalue weighted by atomic mass is 16.1. The van der Waals surface area contributed by atoms with Crippen molar-refractivity contribution in [3.05, 3.63) is 77.0 Å². The van der Waals surface area contributed by atoms with E-state index in [1.807, 2.05) is 52.2 Å². The Bertz CT molecular complexity index is 910. The second kappa shape index (κ2) is 7.44. The van der Waals surface area contributed by atoms with Crippen LogP contribution in [0.2, 0.25) is 0 Å². The van der Waals surface area contributed by atoms with Gasteiger partial charge in [0.25, 0.3) is 5.91 Å². The summed E-state index contributed by atoms with van der Waals surface area (Å²) < 4.78 is 1.80. The van der Waals surface area contributed by atoms with Crippen LogP contribution in [0.5, 0.6) is 0 Å². The summed E-state index contributed by atoms with van der Waals surface area (Å²) >= 11 is 0. The molecular weight excluding hydrogens is 324 g/mol. The van der Waals surface area contributed by atoms with Crippen LogP contribution in [0.15, 0.2) is 54.7 Å². The normalized spacial score (nSPS) is 10.6. The van der Waals surface area contributed by atoms with Crippen LogP contribution in [0, 0.1) is 13.8 Å². The van der Waals surface area contributed by atoms with Gasteiger partial charge in [0.05, 0.1) is 12.7 Å². The zero-order valence-corrected chi connectivity index (χ0v) is 15.7. The maximum atomic E-state index is 12.6. The molecule has 0 aliphatic heterocycles. The third kappa shape index (κ3) is 3.94. The van der Waals surface area contributed by atoms with Crippen molar-refractivity contribution in [2.45, 2.75) is 20.4 Å². The number of nitrogens with zero attached hydrogens (tertiary/aromatic N) is 3. The van der Waals surface area contributed by atoms with E-state index in [9.17, 15) is 4.79 Å². The Balaban J connectivity index is 1.75. The summed E-state index contributed by atoms with van der Waals surface area (Å²) in [6.07, 6.45) is 1.70. The lowest BCUT2D eigenvalue weighted by atomic mass is 10.1. The topological polar surface area (TPSA) is 50.2 Å². The Morgan fingerprint density at radius 3 is 2.46 bits per heavy atom. The number of rotatable bonds is 5. The first-order chi connectivity index (χ1) is 12.4. The molecule has 2 aromatic carbocycles. The average Bonchev–Trinajstić information content (AvgIpc) is 3.02. The lowest BCUT2D eigenvalue weighted by molar-refractivity contribution is 0.102. The fourth-order valence-corrected chi connectivity index (χ4v) is 2.89. The Morgan fingerprint density at radius 1 is 1.08 bits per heavy atom. The maximum Gasteiger partial charge on any atom is 0.257 e. The summed E-state index contributed by atoms with van der Waals surface area (Å²) in [5, 5.41) is 7.31. The van der Waals surface area contributed by atoms with Gasteiger partial charge in [0, 0.05) is 31.4 Å². The summed E-state index contributed by atoms with van der Waals surface area (Å²) in [4.78, 5) is 14.7. The molecular formula is C21H24N4O. The van der Waals surface area contributed by atoms with Crippen molar-refractivity contribution in [2.75, 3.05) is 24.3 Å². The van der Waals surface area contributed by atoms with Crippen molar-refractivity contribution in [1.29, 1.82) is 0 Å². The molecule has 134 valence electrons. The number of benzene rings is 2. The van der Waals surface area contributed by atoms with Gasteiger partial charge in [-0.15, -0.1) is 0 Å². The molecule has 0 atom stereocenters. The average molecular weight is 348 g/mol. The van der Waals surface area contributed by atoms with Crippen LogP contribution in [0.25, 0.3) is 0 Å². The van der Waals surface area contributed by atoms with Gasteiger partial charge in [0.15, 0.2) is 0 Å². The Labute approximate surface area is 154 Å². The van der Waals surface area contributed by atoms with E-state index >= 15 is 0 Å². The van der Waals surface area contributed by atoms with E-state index in [1.165, 1.54) is 0 Å². The van der Waals surface area contributed by atoms with Gasteiger partial charge in [0.1, 0.15) is 5.82 Å². The van der Waals surface area contributed by atoms with Crippen LogP contribution in [0.1, 0.15) is 27.0 Å². The molecule has 1 amide bonds. The third-order valence-corrected chi connectivity index (χ3v) is 4.37. The van der Waals surface area contributed by atoms with Gasteiger partial charge in [0.2, 0.25) is 0 Å². The highest BCUT2D eigenvalue weighted by molar-refractivity contribution is 6.04. The van der Waals surface area contributed by atoms with Crippen LogP contribution in [0.3, 0.4) is 0 Å². The SMILES string of the molecule is Cc1ccc(C(=O)Nc2ccnn2Cc2ccc(N(C)C)cc2)c(C)c1.